The Morgan fingerprint density at radius 3 is 1.62 bits per heavy atom. The number of anilines is 4. The molecular formula is C69H74N6O4. The van der Waals surface area contributed by atoms with E-state index in [1.165, 1.54) is 10.8 Å². The zero-order chi connectivity index (χ0) is 55.7. The lowest BCUT2D eigenvalue weighted by Crippen LogP contribution is -2.55. The van der Waals surface area contributed by atoms with Crippen LogP contribution in [0.25, 0.3) is 44.1 Å². The number of aryl methyl sites for hydroxylation is 2. The molecule has 0 aliphatic carbocycles. The summed E-state index contributed by atoms with van der Waals surface area (Å²) in [7, 11) is 4.11. The molecule has 5 atom stereocenters. The molecular weight excluding hydrogens is 977 g/mol. The molecule has 0 bridgehead atoms. The average molecular weight is 1050 g/mol. The fourth-order valence-electron chi connectivity index (χ4n) is 14.7. The molecule has 6 aromatic carbocycles. The maximum absolute atomic E-state index is 16.1. The third-order valence-electron chi connectivity index (χ3n) is 18.0. The molecule has 8 aromatic rings. The number of likely N-dealkylation sites (tertiary alicyclic amines) is 2. The molecule has 12 rings (SSSR count). The van der Waals surface area contributed by atoms with Gasteiger partial charge in [0.1, 0.15) is 0 Å². The van der Waals surface area contributed by atoms with Gasteiger partial charge in [0.15, 0.2) is 0 Å². The molecule has 2 spiro atoms. The first kappa shape index (κ1) is 52.0. The van der Waals surface area contributed by atoms with Crippen molar-refractivity contribution in [2.45, 2.75) is 111 Å². The predicted molar refractivity (Wildman–Crippen MR) is 319 cm³/mol. The zero-order valence-electron chi connectivity index (χ0n) is 47.8. The van der Waals surface area contributed by atoms with Crippen LogP contribution in [0.2, 0.25) is 0 Å². The number of fused-ring (bicyclic) bond motifs is 6. The molecule has 10 heteroatoms. The summed E-state index contributed by atoms with van der Waals surface area (Å²) in [6.07, 6.45) is 6.06. The predicted octanol–water partition coefficient (Wildman–Crippen LogP) is 14.1. The van der Waals surface area contributed by atoms with E-state index in [-0.39, 0.29) is 46.9 Å². The van der Waals surface area contributed by atoms with Gasteiger partial charge in [-0.25, -0.2) is 0 Å². The Hall–Kier alpha value is -7.72. The lowest BCUT2D eigenvalue weighted by atomic mass is 9.68. The molecule has 3 unspecified atom stereocenters. The molecule has 4 amide bonds. The number of benzene rings is 6. The molecule has 79 heavy (non-hydrogen) atoms. The summed E-state index contributed by atoms with van der Waals surface area (Å²) < 4.78 is 4.26. The van der Waals surface area contributed by atoms with Gasteiger partial charge in [0.2, 0.25) is 23.6 Å². The van der Waals surface area contributed by atoms with Crippen LogP contribution in [-0.4, -0.2) is 67.7 Å². The van der Waals surface area contributed by atoms with E-state index in [0.29, 0.717) is 38.8 Å². The second kappa shape index (κ2) is 18.7. The van der Waals surface area contributed by atoms with Crippen LogP contribution < -0.4 is 9.80 Å². The molecule has 2 fully saturated rings. The molecule has 6 heterocycles. The van der Waals surface area contributed by atoms with Crippen LogP contribution in [0.15, 0.2) is 152 Å². The second-order valence-electron chi connectivity index (χ2n) is 26.0. The number of carbonyl (C=O) groups excluding carboxylic acids is 4. The maximum atomic E-state index is 16.1. The molecule has 0 saturated carbocycles. The number of rotatable bonds is 9. The van der Waals surface area contributed by atoms with Crippen LogP contribution in [0.1, 0.15) is 98.3 Å². The lowest BCUT2D eigenvalue weighted by Gasteiger charge is -2.41. The highest BCUT2D eigenvalue weighted by Gasteiger charge is 2.64. The smallest absolute Gasteiger partial charge is 0.244 e. The first-order chi connectivity index (χ1) is 37.6. The van der Waals surface area contributed by atoms with Gasteiger partial charge in [-0.2, -0.15) is 0 Å². The largest absolute Gasteiger partial charge is 0.351 e. The van der Waals surface area contributed by atoms with Crippen molar-refractivity contribution >= 4 is 68.2 Å². The normalized spacial score (nSPS) is 21.5. The fraction of sp³-hybridized carbons (Fsp3) is 0.362. The number of carbonyl (C=O) groups is 4. The zero-order valence-corrected chi connectivity index (χ0v) is 47.8. The highest BCUT2D eigenvalue weighted by atomic mass is 16.2. The van der Waals surface area contributed by atoms with Gasteiger partial charge < -0.3 is 18.9 Å². The van der Waals surface area contributed by atoms with Crippen molar-refractivity contribution in [1.29, 1.82) is 0 Å². The minimum Gasteiger partial charge on any atom is -0.351 e. The van der Waals surface area contributed by atoms with Gasteiger partial charge in [0.05, 0.1) is 34.3 Å². The van der Waals surface area contributed by atoms with Crippen molar-refractivity contribution in [1.82, 2.24) is 18.9 Å². The Kier molecular flexibility index (Phi) is 12.3. The second-order valence-corrected chi connectivity index (χ2v) is 26.0. The van der Waals surface area contributed by atoms with Crippen molar-refractivity contribution in [3.05, 3.63) is 169 Å². The molecule has 2 aromatic heterocycles. The Labute approximate surface area is 465 Å². The molecule has 4 aliphatic rings. The summed E-state index contributed by atoms with van der Waals surface area (Å²) in [5.41, 5.74) is 9.60. The van der Waals surface area contributed by atoms with Crippen LogP contribution in [0.4, 0.5) is 22.7 Å². The Morgan fingerprint density at radius 2 is 1.08 bits per heavy atom. The van der Waals surface area contributed by atoms with Crippen molar-refractivity contribution in [2.75, 3.05) is 22.9 Å². The third kappa shape index (κ3) is 8.25. The average Bonchev–Trinajstić information content (AvgIpc) is 3.83. The van der Waals surface area contributed by atoms with E-state index >= 15 is 9.59 Å². The summed E-state index contributed by atoms with van der Waals surface area (Å²) in [5.74, 6) is -0.172. The Bertz CT molecular complexity index is 3790. The van der Waals surface area contributed by atoms with E-state index in [4.69, 9.17) is 0 Å². The van der Waals surface area contributed by atoms with Crippen molar-refractivity contribution in [2.24, 2.45) is 36.8 Å². The molecule has 10 nitrogen and oxygen atoms in total. The van der Waals surface area contributed by atoms with Crippen molar-refractivity contribution in [3.8, 4) is 22.3 Å². The summed E-state index contributed by atoms with van der Waals surface area (Å²) in [5, 5.41) is 2.34. The van der Waals surface area contributed by atoms with Gasteiger partial charge >= 0.3 is 0 Å². The monoisotopic (exact) mass is 1050 g/mol. The van der Waals surface area contributed by atoms with Crippen LogP contribution in [0, 0.1) is 22.7 Å². The van der Waals surface area contributed by atoms with Gasteiger partial charge in [-0.1, -0.05) is 141 Å². The number of amides is 4. The Balaban J connectivity index is 0.953. The van der Waals surface area contributed by atoms with Crippen LogP contribution in [-0.2, 0) is 50.5 Å². The summed E-state index contributed by atoms with van der Waals surface area (Å²) in [6.45, 7) is 19.6. The quantitative estimate of drug-likeness (QED) is 0.144. The molecule has 2 saturated heterocycles. The summed E-state index contributed by atoms with van der Waals surface area (Å²) >= 11 is 0. The fourth-order valence-corrected chi connectivity index (χ4v) is 14.7. The first-order valence-corrected chi connectivity index (χ1v) is 28.4. The van der Waals surface area contributed by atoms with E-state index in [9.17, 15) is 9.59 Å². The van der Waals surface area contributed by atoms with Gasteiger partial charge in [-0.05, 0) is 147 Å². The standard InChI is InChI=1S/C69H74N6O4/c1-43(2)61-69(30-34-72(61)60(76)42-66(4,5)6)55-37-45(22-27-57(55)75(65(69)79)53-19-15-17-49(39-53)51-26-24-47-29-33-71(11)59(47)41-51)36-44(3)62-68(31-35-73(62)63(77)67(7,8)9)54-20-12-13-21-56(54)74(64(68)78)52-18-14-16-48(38-52)50-25-23-46-28-32-70(10)58(46)40-50/h12-29,32-33,37-41,43-44,61-62H,30-31,34-36,42H2,1-11H3/t44?,61?,62?,68-,69-/m0/s1. The van der Waals surface area contributed by atoms with E-state index in [2.05, 4.69) is 180 Å². The Morgan fingerprint density at radius 1 is 0.557 bits per heavy atom. The highest BCUT2D eigenvalue weighted by molar-refractivity contribution is 6.15. The number of para-hydroxylation sites is 1. The van der Waals surface area contributed by atoms with E-state index in [0.717, 1.165) is 72.7 Å². The number of nitrogens with zero attached hydrogens (tertiary/aromatic N) is 6. The number of aromatic nitrogens is 2. The van der Waals surface area contributed by atoms with E-state index in [1.54, 1.807) is 0 Å². The lowest BCUT2D eigenvalue weighted by molar-refractivity contribution is -0.142. The maximum Gasteiger partial charge on any atom is 0.244 e. The summed E-state index contributed by atoms with van der Waals surface area (Å²) in [6, 6.07) is 47.7. The first-order valence-electron chi connectivity index (χ1n) is 28.4. The van der Waals surface area contributed by atoms with Gasteiger partial charge in [0.25, 0.3) is 0 Å². The van der Waals surface area contributed by atoms with Crippen molar-refractivity contribution < 1.29 is 19.2 Å². The minimum atomic E-state index is -1.03. The minimum absolute atomic E-state index is 0.0120. The summed E-state index contributed by atoms with van der Waals surface area (Å²) in [4.78, 5) is 69.5. The topological polar surface area (TPSA) is 91.1 Å². The van der Waals surface area contributed by atoms with Gasteiger partial charge in [-0.3, -0.25) is 29.0 Å². The van der Waals surface area contributed by atoms with Crippen LogP contribution >= 0.6 is 0 Å². The highest BCUT2D eigenvalue weighted by Crippen LogP contribution is 2.58. The number of hydrogen-bond donors (Lipinski definition) is 0. The van der Waals surface area contributed by atoms with Crippen LogP contribution in [0.5, 0.6) is 0 Å². The molecule has 0 N–H and O–H groups in total. The molecule has 404 valence electrons. The third-order valence-corrected chi connectivity index (χ3v) is 18.0. The van der Waals surface area contributed by atoms with E-state index in [1.807, 2.05) is 76.8 Å². The van der Waals surface area contributed by atoms with E-state index < -0.39 is 22.3 Å². The molecule has 4 aliphatic heterocycles. The molecule has 0 radical (unpaired) electrons. The number of hydrogen-bond acceptors (Lipinski definition) is 4. The van der Waals surface area contributed by atoms with Gasteiger partial charge in [-0.15, -0.1) is 0 Å². The van der Waals surface area contributed by atoms with Crippen molar-refractivity contribution in [3.63, 3.8) is 0 Å². The van der Waals surface area contributed by atoms with Crippen LogP contribution in [0.3, 0.4) is 0 Å². The SMILES string of the molecule is CC(C)C1N(C(=O)CC(C)(C)C)CC[C@@]12C(=O)N(c1cccc(-c3ccc4ccn(C)c4c3)c1)c1ccc(CC(C)C3N(C(=O)C(C)(C)C)CC[C@@]34C(=O)N(c3cccc(-c5ccc6ccn(C)c6c5)c3)c3ccccc34)cc12. The van der Waals surface area contributed by atoms with Gasteiger partial charge in [0, 0.05) is 73.8 Å².